The number of carbonyl (C=O) groups is 1. The van der Waals surface area contributed by atoms with Gasteiger partial charge in [-0.15, -0.1) is 0 Å². The van der Waals surface area contributed by atoms with Crippen molar-refractivity contribution < 1.29 is 9.53 Å². The summed E-state index contributed by atoms with van der Waals surface area (Å²) in [4.78, 5) is 12.1. The van der Waals surface area contributed by atoms with E-state index in [1.54, 1.807) is 0 Å². The molecular weight excluding hydrogens is 320 g/mol. The van der Waals surface area contributed by atoms with Crippen LogP contribution >= 0.6 is 0 Å². The topological polar surface area (TPSA) is 26.3 Å². The normalized spacial score (nSPS) is 10.6. The summed E-state index contributed by atoms with van der Waals surface area (Å²) in [6, 6.07) is 28.6. The first kappa shape index (κ1) is 18.1. The molecule has 2 heteroatoms. The molecule has 0 amide bonds. The van der Waals surface area contributed by atoms with Crippen molar-refractivity contribution in [3.63, 3.8) is 0 Å². The van der Waals surface area contributed by atoms with Gasteiger partial charge >= 0.3 is 0 Å². The van der Waals surface area contributed by atoms with Gasteiger partial charge in [-0.1, -0.05) is 84.9 Å². The van der Waals surface area contributed by atoms with Crippen molar-refractivity contribution in [1.29, 1.82) is 0 Å². The first-order valence-corrected chi connectivity index (χ1v) is 9.09. The largest absolute Gasteiger partial charge is 0.377 e. The summed E-state index contributed by atoms with van der Waals surface area (Å²) < 4.78 is 5.63. The molecule has 0 bridgehead atoms. The first-order valence-electron chi connectivity index (χ1n) is 9.09. The lowest BCUT2D eigenvalue weighted by molar-refractivity contribution is -0.118. The Morgan fingerprint density at radius 3 is 2.00 bits per heavy atom. The van der Waals surface area contributed by atoms with Crippen LogP contribution in [0.2, 0.25) is 0 Å². The molecule has 3 aromatic rings. The summed E-state index contributed by atoms with van der Waals surface area (Å²) in [7, 11) is 0. The fourth-order valence-electron chi connectivity index (χ4n) is 2.90. The minimum absolute atomic E-state index is 0.265. The molecule has 0 saturated carbocycles. The zero-order valence-electron chi connectivity index (χ0n) is 14.9. The lowest BCUT2D eigenvalue weighted by atomic mass is 10.0. The molecule has 26 heavy (non-hydrogen) atoms. The lowest BCUT2D eigenvalue weighted by Gasteiger charge is -2.06. The second kappa shape index (κ2) is 9.69. The second-order valence-corrected chi connectivity index (χ2v) is 6.42. The third kappa shape index (κ3) is 5.68. The molecule has 0 N–H and O–H groups in total. The molecule has 0 aliphatic heterocycles. The molecule has 0 saturated heterocycles. The van der Waals surface area contributed by atoms with Gasteiger partial charge in [-0.05, 0) is 28.7 Å². The Morgan fingerprint density at radius 2 is 1.31 bits per heavy atom. The third-order valence-corrected chi connectivity index (χ3v) is 4.32. The minimum atomic E-state index is 0.265. The summed E-state index contributed by atoms with van der Waals surface area (Å²) >= 11 is 0. The summed E-state index contributed by atoms with van der Waals surface area (Å²) in [5.74, 6) is 0.265. The van der Waals surface area contributed by atoms with Crippen LogP contribution in [-0.4, -0.2) is 12.4 Å². The number of ether oxygens (including phenoxy) is 1. The lowest BCUT2D eigenvalue weighted by Crippen LogP contribution is -2.05. The molecule has 0 aliphatic carbocycles. The molecule has 0 aromatic heterocycles. The molecule has 3 rings (SSSR count). The SMILES string of the molecule is O=C(CCCOCc1ccccc1)Cc1ccc(-c2ccccc2)cc1. The van der Waals surface area contributed by atoms with E-state index in [-0.39, 0.29) is 5.78 Å². The smallest absolute Gasteiger partial charge is 0.137 e. The third-order valence-electron chi connectivity index (χ3n) is 4.32. The van der Waals surface area contributed by atoms with Gasteiger partial charge < -0.3 is 4.74 Å². The molecule has 3 aromatic carbocycles. The Hall–Kier alpha value is -2.71. The summed E-state index contributed by atoms with van der Waals surface area (Å²) in [5, 5.41) is 0. The molecule has 0 fully saturated rings. The van der Waals surface area contributed by atoms with E-state index in [1.807, 2.05) is 60.7 Å². The van der Waals surface area contributed by atoms with Gasteiger partial charge in [0, 0.05) is 19.4 Å². The Kier molecular flexibility index (Phi) is 6.74. The van der Waals surface area contributed by atoms with E-state index in [1.165, 1.54) is 11.1 Å². The van der Waals surface area contributed by atoms with Gasteiger partial charge in [-0.2, -0.15) is 0 Å². The fourth-order valence-corrected chi connectivity index (χ4v) is 2.90. The molecule has 0 heterocycles. The van der Waals surface area contributed by atoms with E-state index in [0.717, 1.165) is 17.5 Å². The Balaban J connectivity index is 1.38. The maximum atomic E-state index is 12.1. The number of ketones is 1. The van der Waals surface area contributed by atoms with Crippen LogP contribution in [0.4, 0.5) is 0 Å². The standard InChI is InChI=1S/C24H24O2/c25-24(12-7-17-26-19-21-8-3-1-4-9-21)18-20-13-15-23(16-14-20)22-10-5-2-6-11-22/h1-6,8-11,13-16H,7,12,17-19H2. The van der Waals surface area contributed by atoms with Gasteiger partial charge in [0.05, 0.1) is 6.61 Å². The maximum absolute atomic E-state index is 12.1. The van der Waals surface area contributed by atoms with Gasteiger partial charge in [0.1, 0.15) is 5.78 Å². The minimum Gasteiger partial charge on any atom is -0.377 e. The summed E-state index contributed by atoms with van der Waals surface area (Å²) in [5.41, 5.74) is 4.61. The number of Topliss-reactive ketones (excluding diaryl/α,β-unsaturated/α-hetero) is 1. The van der Waals surface area contributed by atoms with Crippen LogP contribution in [0.1, 0.15) is 24.0 Å². The number of rotatable bonds is 9. The van der Waals surface area contributed by atoms with Gasteiger partial charge in [0.25, 0.3) is 0 Å². The molecule has 2 nitrogen and oxygen atoms in total. The first-order chi connectivity index (χ1) is 12.8. The van der Waals surface area contributed by atoms with Crippen LogP contribution in [0.25, 0.3) is 11.1 Å². The average molecular weight is 344 g/mol. The number of carbonyl (C=O) groups excluding carboxylic acids is 1. The Bertz CT molecular complexity index is 793. The van der Waals surface area contributed by atoms with Crippen molar-refractivity contribution in [1.82, 2.24) is 0 Å². The highest BCUT2D eigenvalue weighted by Gasteiger charge is 2.05. The van der Waals surface area contributed by atoms with Crippen LogP contribution in [0.3, 0.4) is 0 Å². The van der Waals surface area contributed by atoms with E-state index >= 15 is 0 Å². The number of hydrogen-bond donors (Lipinski definition) is 0. The Labute approximate surface area is 155 Å². The summed E-state index contributed by atoms with van der Waals surface area (Å²) in [6.07, 6.45) is 1.83. The van der Waals surface area contributed by atoms with E-state index < -0.39 is 0 Å². The Morgan fingerprint density at radius 1 is 0.692 bits per heavy atom. The van der Waals surface area contributed by atoms with Crippen LogP contribution in [0.15, 0.2) is 84.9 Å². The van der Waals surface area contributed by atoms with Crippen molar-refractivity contribution in [2.75, 3.05) is 6.61 Å². The van der Waals surface area contributed by atoms with Crippen LogP contribution in [0, 0.1) is 0 Å². The molecule has 0 radical (unpaired) electrons. The molecule has 0 aliphatic rings. The second-order valence-electron chi connectivity index (χ2n) is 6.42. The van der Waals surface area contributed by atoms with Gasteiger partial charge in [-0.25, -0.2) is 0 Å². The van der Waals surface area contributed by atoms with Crippen molar-refractivity contribution >= 4 is 5.78 Å². The van der Waals surface area contributed by atoms with Gasteiger partial charge in [-0.3, -0.25) is 4.79 Å². The van der Waals surface area contributed by atoms with Crippen LogP contribution in [-0.2, 0) is 22.6 Å². The summed E-state index contributed by atoms with van der Waals surface area (Å²) in [6.45, 7) is 1.23. The van der Waals surface area contributed by atoms with E-state index in [4.69, 9.17) is 4.74 Å². The van der Waals surface area contributed by atoms with Crippen molar-refractivity contribution in [2.24, 2.45) is 0 Å². The van der Waals surface area contributed by atoms with Gasteiger partial charge in [0.2, 0.25) is 0 Å². The van der Waals surface area contributed by atoms with E-state index in [0.29, 0.717) is 26.1 Å². The number of benzene rings is 3. The van der Waals surface area contributed by atoms with Crippen LogP contribution < -0.4 is 0 Å². The maximum Gasteiger partial charge on any atom is 0.137 e. The molecule has 0 atom stereocenters. The average Bonchev–Trinajstić information content (AvgIpc) is 2.70. The van der Waals surface area contributed by atoms with Crippen molar-refractivity contribution in [3.8, 4) is 11.1 Å². The zero-order valence-corrected chi connectivity index (χ0v) is 14.9. The van der Waals surface area contributed by atoms with Crippen LogP contribution in [0.5, 0.6) is 0 Å². The highest BCUT2D eigenvalue weighted by Crippen LogP contribution is 2.19. The van der Waals surface area contributed by atoms with E-state index in [9.17, 15) is 4.79 Å². The van der Waals surface area contributed by atoms with E-state index in [2.05, 4.69) is 24.3 Å². The quantitative estimate of drug-likeness (QED) is 0.482. The number of hydrogen-bond acceptors (Lipinski definition) is 2. The monoisotopic (exact) mass is 344 g/mol. The molecule has 0 unspecified atom stereocenters. The fraction of sp³-hybridized carbons (Fsp3) is 0.208. The highest BCUT2D eigenvalue weighted by atomic mass is 16.5. The van der Waals surface area contributed by atoms with Crippen molar-refractivity contribution in [3.05, 3.63) is 96.1 Å². The zero-order chi connectivity index (χ0) is 18.0. The van der Waals surface area contributed by atoms with Gasteiger partial charge in [0.15, 0.2) is 0 Å². The molecule has 132 valence electrons. The predicted octanol–water partition coefficient (Wildman–Crippen LogP) is 5.46. The predicted molar refractivity (Wildman–Crippen MR) is 106 cm³/mol. The molecular formula is C24H24O2. The van der Waals surface area contributed by atoms with Crippen molar-refractivity contribution in [2.45, 2.75) is 25.9 Å². The highest BCUT2D eigenvalue weighted by molar-refractivity contribution is 5.81. The molecule has 0 spiro atoms.